The second-order valence-corrected chi connectivity index (χ2v) is 5.50. The van der Waals surface area contributed by atoms with E-state index in [2.05, 4.69) is 15.7 Å². The summed E-state index contributed by atoms with van der Waals surface area (Å²) in [6, 6.07) is 7.54. The first kappa shape index (κ1) is 17.0. The Morgan fingerprint density at radius 1 is 1.22 bits per heavy atom. The Morgan fingerprint density at radius 3 is 2.57 bits per heavy atom. The van der Waals surface area contributed by atoms with Crippen molar-refractivity contribution in [2.24, 2.45) is 7.05 Å². The van der Waals surface area contributed by atoms with Gasteiger partial charge in [0.1, 0.15) is 0 Å². The number of methoxy groups -OCH3 is 1. The fourth-order valence-electron chi connectivity index (χ4n) is 2.42. The molecule has 1 aromatic heterocycles. The summed E-state index contributed by atoms with van der Waals surface area (Å²) in [5.74, 6) is 0.709. The lowest BCUT2D eigenvalue weighted by Crippen LogP contribution is -2.31. The van der Waals surface area contributed by atoms with Gasteiger partial charge in [-0.05, 0) is 26.0 Å². The maximum Gasteiger partial charge on any atom is 0.251 e. The second-order valence-electron chi connectivity index (χ2n) is 5.50. The first-order valence-electron chi connectivity index (χ1n) is 7.65. The van der Waals surface area contributed by atoms with Gasteiger partial charge >= 0.3 is 0 Å². The summed E-state index contributed by atoms with van der Waals surface area (Å²) in [6.07, 6.45) is 0. The van der Waals surface area contributed by atoms with Crippen molar-refractivity contribution in [2.45, 2.75) is 20.4 Å². The van der Waals surface area contributed by atoms with E-state index in [9.17, 15) is 4.79 Å². The molecule has 0 spiro atoms. The fraction of sp³-hybridized carbons (Fsp3) is 0.412. The van der Waals surface area contributed by atoms with Crippen LogP contribution in [0.25, 0.3) is 0 Å². The summed E-state index contributed by atoms with van der Waals surface area (Å²) in [7, 11) is 3.50. The van der Waals surface area contributed by atoms with Crippen molar-refractivity contribution in [1.29, 1.82) is 0 Å². The summed E-state index contributed by atoms with van der Waals surface area (Å²) in [6.45, 7) is 5.85. The molecule has 0 atom stereocenters. The standard InChI is InChI=1S/C17H24N4O2/c1-12-5-7-14(8-6-12)16(22)19-10-9-18-11-15-13(2)20-21(3)17(15)23-4/h5-8,18H,9-11H2,1-4H3,(H,19,22). The number of nitrogens with one attached hydrogen (secondary N) is 2. The Morgan fingerprint density at radius 2 is 1.91 bits per heavy atom. The highest BCUT2D eigenvalue weighted by Crippen LogP contribution is 2.20. The molecule has 0 aliphatic rings. The Hall–Kier alpha value is -2.34. The van der Waals surface area contributed by atoms with Gasteiger partial charge in [-0.2, -0.15) is 5.10 Å². The van der Waals surface area contributed by atoms with E-state index in [1.54, 1.807) is 11.8 Å². The van der Waals surface area contributed by atoms with Crippen LogP contribution < -0.4 is 15.4 Å². The molecule has 1 amide bonds. The minimum atomic E-state index is -0.0538. The molecule has 1 heterocycles. The number of hydrogen-bond acceptors (Lipinski definition) is 4. The maximum atomic E-state index is 12.0. The van der Waals surface area contributed by atoms with Gasteiger partial charge in [0.2, 0.25) is 5.88 Å². The zero-order valence-corrected chi connectivity index (χ0v) is 14.1. The van der Waals surface area contributed by atoms with E-state index in [1.165, 1.54) is 0 Å². The van der Waals surface area contributed by atoms with Gasteiger partial charge in [0.15, 0.2) is 0 Å². The van der Waals surface area contributed by atoms with Gasteiger partial charge in [0.25, 0.3) is 5.91 Å². The van der Waals surface area contributed by atoms with E-state index in [1.807, 2.05) is 45.2 Å². The smallest absolute Gasteiger partial charge is 0.251 e. The molecular weight excluding hydrogens is 292 g/mol. The third-order valence-corrected chi connectivity index (χ3v) is 3.69. The number of carbonyl (C=O) groups is 1. The van der Waals surface area contributed by atoms with E-state index < -0.39 is 0 Å². The van der Waals surface area contributed by atoms with Crippen molar-refractivity contribution in [3.8, 4) is 5.88 Å². The monoisotopic (exact) mass is 316 g/mol. The highest BCUT2D eigenvalue weighted by molar-refractivity contribution is 5.94. The van der Waals surface area contributed by atoms with E-state index >= 15 is 0 Å². The van der Waals surface area contributed by atoms with Crippen molar-refractivity contribution >= 4 is 5.91 Å². The number of amides is 1. The van der Waals surface area contributed by atoms with Crippen LogP contribution in [0, 0.1) is 13.8 Å². The lowest BCUT2D eigenvalue weighted by atomic mass is 10.1. The normalized spacial score (nSPS) is 10.6. The number of hydrogen-bond donors (Lipinski definition) is 2. The van der Waals surface area contributed by atoms with Crippen LogP contribution in [0.3, 0.4) is 0 Å². The summed E-state index contributed by atoms with van der Waals surface area (Å²) in [5.41, 5.74) is 3.81. The highest BCUT2D eigenvalue weighted by atomic mass is 16.5. The number of rotatable bonds is 7. The van der Waals surface area contributed by atoms with Crippen LogP contribution in [0.15, 0.2) is 24.3 Å². The number of aryl methyl sites for hydroxylation is 3. The molecule has 0 radical (unpaired) electrons. The van der Waals surface area contributed by atoms with Crippen molar-refractivity contribution in [3.05, 3.63) is 46.6 Å². The van der Waals surface area contributed by atoms with Crippen molar-refractivity contribution < 1.29 is 9.53 Å². The summed E-state index contributed by atoms with van der Waals surface area (Å²) in [4.78, 5) is 12.0. The fourth-order valence-corrected chi connectivity index (χ4v) is 2.42. The van der Waals surface area contributed by atoms with Gasteiger partial charge < -0.3 is 15.4 Å². The van der Waals surface area contributed by atoms with Gasteiger partial charge in [-0.25, -0.2) is 4.68 Å². The number of ether oxygens (including phenoxy) is 1. The third kappa shape index (κ3) is 4.32. The van der Waals surface area contributed by atoms with E-state index in [-0.39, 0.29) is 5.91 Å². The zero-order chi connectivity index (χ0) is 16.8. The predicted molar refractivity (Wildman–Crippen MR) is 89.7 cm³/mol. The molecule has 6 nitrogen and oxygen atoms in total. The molecule has 0 aliphatic heterocycles. The molecular formula is C17H24N4O2. The summed E-state index contributed by atoms with van der Waals surface area (Å²) in [5, 5.41) is 10.5. The van der Waals surface area contributed by atoms with E-state index in [0.29, 0.717) is 25.2 Å². The van der Waals surface area contributed by atoms with Crippen LogP contribution in [-0.2, 0) is 13.6 Å². The number of nitrogens with zero attached hydrogens (tertiary/aromatic N) is 2. The molecule has 0 saturated carbocycles. The molecule has 0 unspecified atom stereocenters. The average molecular weight is 316 g/mol. The number of aromatic nitrogens is 2. The Bertz CT molecular complexity index is 662. The largest absolute Gasteiger partial charge is 0.481 e. The molecule has 0 bridgehead atoms. The lowest BCUT2D eigenvalue weighted by Gasteiger charge is -2.08. The molecule has 1 aromatic carbocycles. The molecule has 2 aromatic rings. The SMILES string of the molecule is COc1c(CNCCNC(=O)c2ccc(C)cc2)c(C)nn1C. The lowest BCUT2D eigenvalue weighted by molar-refractivity contribution is 0.0954. The molecule has 124 valence electrons. The van der Waals surface area contributed by atoms with Crippen LogP contribution in [0.5, 0.6) is 5.88 Å². The topological polar surface area (TPSA) is 68.2 Å². The Balaban J connectivity index is 1.76. The van der Waals surface area contributed by atoms with E-state index in [4.69, 9.17) is 4.74 Å². The van der Waals surface area contributed by atoms with Gasteiger partial charge in [-0.3, -0.25) is 4.79 Å². The molecule has 6 heteroatoms. The van der Waals surface area contributed by atoms with Gasteiger partial charge in [0.05, 0.1) is 18.4 Å². The zero-order valence-electron chi connectivity index (χ0n) is 14.1. The summed E-state index contributed by atoms with van der Waals surface area (Å²) >= 11 is 0. The first-order chi connectivity index (χ1) is 11.0. The third-order valence-electron chi connectivity index (χ3n) is 3.69. The first-order valence-corrected chi connectivity index (χ1v) is 7.65. The molecule has 2 N–H and O–H groups in total. The second kappa shape index (κ2) is 7.78. The van der Waals surface area contributed by atoms with Gasteiger partial charge in [0, 0.05) is 32.2 Å². The molecule has 0 aliphatic carbocycles. The van der Waals surface area contributed by atoms with Crippen LogP contribution >= 0.6 is 0 Å². The summed E-state index contributed by atoms with van der Waals surface area (Å²) < 4.78 is 7.08. The molecule has 0 fully saturated rings. The highest BCUT2D eigenvalue weighted by Gasteiger charge is 2.12. The van der Waals surface area contributed by atoms with Crippen LogP contribution in [0.1, 0.15) is 27.2 Å². The Kier molecular flexibility index (Phi) is 5.76. The molecule has 2 rings (SSSR count). The van der Waals surface area contributed by atoms with Gasteiger partial charge in [-0.15, -0.1) is 0 Å². The molecule has 23 heavy (non-hydrogen) atoms. The Labute approximate surface area is 136 Å². The van der Waals surface area contributed by atoms with Crippen LogP contribution in [0.4, 0.5) is 0 Å². The van der Waals surface area contributed by atoms with Crippen molar-refractivity contribution in [2.75, 3.05) is 20.2 Å². The van der Waals surface area contributed by atoms with E-state index in [0.717, 1.165) is 22.7 Å². The van der Waals surface area contributed by atoms with Crippen LogP contribution in [-0.4, -0.2) is 35.9 Å². The maximum absolute atomic E-state index is 12.0. The quantitative estimate of drug-likeness (QED) is 0.761. The van der Waals surface area contributed by atoms with Crippen molar-refractivity contribution in [1.82, 2.24) is 20.4 Å². The van der Waals surface area contributed by atoms with Crippen LogP contribution in [0.2, 0.25) is 0 Å². The van der Waals surface area contributed by atoms with Crippen molar-refractivity contribution in [3.63, 3.8) is 0 Å². The average Bonchev–Trinajstić information content (AvgIpc) is 2.80. The minimum absolute atomic E-state index is 0.0538. The number of carbonyl (C=O) groups excluding carboxylic acids is 1. The number of benzene rings is 1. The van der Waals surface area contributed by atoms with Gasteiger partial charge in [-0.1, -0.05) is 17.7 Å². The predicted octanol–water partition coefficient (Wildman–Crippen LogP) is 1.57. The molecule has 0 saturated heterocycles. The minimum Gasteiger partial charge on any atom is -0.481 e.